The lowest BCUT2D eigenvalue weighted by molar-refractivity contribution is -0.188. The van der Waals surface area contributed by atoms with Crippen LogP contribution >= 0.6 is 11.6 Å². The van der Waals surface area contributed by atoms with Gasteiger partial charge >= 0.3 is 6.09 Å². The van der Waals surface area contributed by atoms with E-state index in [1.54, 1.807) is 4.90 Å². The second-order valence-electron chi connectivity index (χ2n) is 14.7. The Morgan fingerprint density at radius 3 is 2.62 bits per heavy atom. The Morgan fingerprint density at radius 1 is 1.00 bits per heavy atom. The summed E-state index contributed by atoms with van der Waals surface area (Å²) in [6.45, 7) is 6.69. The minimum absolute atomic E-state index is 0.0142. The van der Waals surface area contributed by atoms with E-state index in [1.807, 2.05) is 36.5 Å². The number of aryl methyl sites for hydroxylation is 3. The van der Waals surface area contributed by atoms with Crippen molar-refractivity contribution in [3.63, 3.8) is 0 Å². The van der Waals surface area contributed by atoms with Crippen LogP contribution in [0.2, 0.25) is 5.02 Å². The van der Waals surface area contributed by atoms with Gasteiger partial charge in [-0.3, -0.25) is 19.6 Å². The molecule has 0 unspecified atom stereocenters. The number of ether oxygens (including phenoxy) is 3. The van der Waals surface area contributed by atoms with Crippen LogP contribution in [0.25, 0.3) is 0 Å². The maximum Gasteiger partial charge on any atom is 0.410 e. The number of hydrogen-bond acceptors (Lipinski definition) is 8. The van der Waals surface area contributed by atoms with Crippen molar-refractivity contribution in [3.8, 4) is 0 Å². The van der Waals surface area contributed by atoms with Gasteiger partial charge in [0.2, 0.25) is 5.91 Å². The second kappa shape index (κ2) is 14.3. The molecule has 1 spiro atoms. The number of rotatable bonds is 5. The van der Waals surface area contributed by atoms with Crippen molar-refractivity contribution in [1.82, 2.24) is 29.2 Å². The molecule has 266 valence electrons. The number of pyridine rings is 1. The lowest BCUT2D eigenvalue weighted by Crippen LogP contribution is -2.62. The molecule has 8 rings (SSSR count). The highest BCUT2D eigenvalue weighted by atomic mass is 35.5. The van der Waals surface area contributed by atoms with E-state index in [0.29, 0.717) is 82.6 Å². The highest BCUT2D eigenvalue weighted by Crippen LogP contribution is 2.39. The van der Waals surface area contributed by atoms with Crippen molar-refractivity contribution in [1.29, 1.82) is 0 Å². The fraction of sp³-hybridized carbons (Fsp3) is 0.579. The van der Waals surface area contributed by atoms with Crippen molar-refractivity contribution < 1.29 is 23.8 Å². The largest absolute Gasteiger partial charge is 0.446 e. The summed E-state index contributed by atoms with van der Waals surface area (Å²) in [5, 5.41) is 0.715. The molecule has 3 aliphatic heterocycles. The summed E-state index contributed by atoms with van der Waals surface area (Å²) in [5.41, 5.74) is 5.56. The Labute approximate surface area is 298 Å². The Kier molecular flexibility index (Phi) is 9.58. The molecule has 2 amide bonds. The summed E-state index contributed by atoms with van der Waals surface area (Å²) < 4.78 is 20.1. The molecule has 2 aromatic heterocycles. The molecule has 3 aromatic rings. The molecular formula is C38H47ClN6O5. The SMILES string of the molecule is Cc1cn(C[C@@H]2CCCN(C(=O)[C@H]3CN([C@H]4c5ccc(Cl)cc5CCc5cccnc54)CCN3C(=O)OC3CCC4(CC3)OCCO4)C2)cn1. The molecule has 11 nitrogen and oxygen atoms in total. The van der Waals surface area contributed by atoms with E-state index in [1.165, 1.54) is 11.1 Å². The Balaban J connectivity index is 1.06. The molecule has 2 aliphatic carbocycles. The van der Waals surface area contributed by atoms with Gasteiger partial charge in [-0.15, -0.1) is 0 Å². The first-order valence-corrected chi connectivity index (χ1v) is 18.7. The molecule has 12 heteroatoms. The molecule has 3 saturated heterocycles. The van der Waals surface area contributed by atoms with Crippen LogP contribution in [0.15, 0.2) is 49.1 Å². The molecule has 50 heavy (non-hydrogen) atoms. The van der Waals surface area contributed by atoms with E-state index in [-0.39, 0.29) is 18.1 Å². The number of fused-ring (bicyclic) bond motifs is 2. The number of piperazine rings is 1. The van der Waals surface area contributed by atoms with Crippen LogP contribution in [0.5, 0.6) is 0 Å². The summed E-state index contributed by atoms with van der Waals surface area (Å²) in [7, 11) is 0. The fourth-order valence-electron chi connectivity index (χ4n) is 8.86. The van der Waals surface area contributed by atoms with Gasteiger partial charge in [-0.2, -0.15) is 0 Å². The highest BCUT2D eigenvalue weighted by molar-refractivity contribution is 6.30. The highest BCUT2D eigenvalue weighted by Gasteiger charge is 2.45. The Morgan fingerprint density at radius 2 is 1.82 bits per heavy atom. The third kappa shape index (κ3) is 6.89. The minimum Gasteiger partial charge on any atom is -0.446 e. The van der Waals surface area contributed by atoms with Gasteiger partial charge in [0, 0.05) is 69.5 Å². The third-order valence-corrected chi connectivity index (χ3v) is 11.6. The molecule has 1 aromatic carbocycles. The van der Waals surface area contributed by atoms with Gasteiger partial charge < -0.3 is 23.7 Å². The van der Waals surface area contributed by atoms with Crippen LogP contribution in [-0.2, 0) is 38.4 Å². The van der Waals surface area contributed by atoms with Gasteiger partial charge in [0.05, 0.1) is 37.0 Å². The summed E-state index contributed by atoms with van der Waals surface area (Å²) in [4.78, 5) is 44.2. The van der Waals surface area contributed by atoms with Crippen LogP contribution < -0.4 is 0 Å². The van der Waals surface area contributed by atoms with E-state index in [0.717, 1.165) is 49.2 Å². The van der Waals surface area contributed by atoms with Crippen LogP contribution in [0.1, 0.15) is 72.6 Å². The van der Waals surface area contributed by atoms with Gasteiger partial charge in [-0.1, -0.05) is 23.7 Å². The number of carbonyl (C=O) groups excluding carboxylic acids is 2. The predicted molar refractivity (Wildman–Crippen MR) is 187 cm³/mol. The molecule has 5 heterocycles. The zero-order valence-corrected chi connectivity index (χ0v) is 29.6. The molecule has 1 saturated carbocycles. The number of amides is 2. The van der Waals surface area contributed by atoms with Crippen molar-refractivity contribution in [3.05, 3.63) is 82.2 Å². The summed E-state index contributed by atoms with van der Waals surface area (Å²) in [6.07, 6.45) is 11.6. The Bertz CT molecular complexity index is 1700. The van der Waals surface area contributed by atoms with Crippen molar-refractivity contribution in [2.75, 3.05) is 45.9 Å². The van der Waals surface area contributed by atoms with Crippen molar-refractivity contribution in [2.45, 2.75) is 88.8 Å². The van der Waals surface area contributed by atoms with E-state index in [9.17, 15) is 9.59 Å². The number of carbonyl (C=O) groups is 2. The van der Waals surface area contributed by atoms with Crippen LogP contribution in [0.3, 0.4) is 0 Å². The maximum absolute atomic E-state index is 14.7. The van der Waals surface area contributed by atoms with E-state index in [4.69, 9.17) is 30.8 Å². The smallest absolute Gasteiger partial charge is 0.410 e. The third-order valence-electron chi connectivity index (χ3n) is 11.4. The summed E-state index contributed by atoms with van der Waals surface area (Å²) in [6, 6.07) is 9.44. The summed E-state index contributed by atoms with van der Waals surface area (Å²) >= 11 is 6.50. The van der Waals surface area contributed by atoms with Gasteiger partial charge in [0.25, 0.3) is 0 Å². The van der Waals surface area contributed by atoms with E-state index >= 15 is 0 Å². The predicted octanol–water partition coefficient (Wildman–Crippen LogP) is 5.18. The summed E-state index contributed by atoms with van der Waals surface area (Å²) in [5.74, 6) is -0.234. The first-order chi connectivity index (χ1) is 24.3. The molecular weight excluding hydrogens is 656 g/mol. The monoisotopic (exact) mass is 702 g/mol. The second-order valence-corrected chi connectivity index (χ2v) is 15.1. The molecule has 5 aliphatic rings. The van der Waals surface area contributed by atoms with Gasteiger partial charge in [-0.25, -0.2) is 9.78 Å². The number of halogens is 1. The number of likely N-dealkylation sites (tertiary alicyclic amines) is 1. The Hall–Kier alpha value is -3.51. The van der Waals surface area contributed by atoms with E-state index < -0.39 is 17.9 Å². The van der Waals surface area contributed by atoms with Gasteiger partial charge in [0.1, 0.15) is 12.1 Å². The molecule has 3 atom stereocenters. The van der Waals surface area contributed by atoms with Crippen molar-refractivity contribution >= 4 is 23.6 Å². The molecule has 0 bridgehead atoms. The number of nitrogens with zero attached hydrogens (tertiary/aromatic N) is 6. The molecule has 0 radical (unpaired) electrons. The first kappa shape index (κ1) is 33.6. The maximum atomic E-state index is 14.7. The molecule has 4 fully saturated rings. The topological polar surface area (TPSA) is 102 Å². The van der Waals surface area contributed by atoms with Crippen LogP contribution in [-0.4, -0.2) is 105 Å². The van der Waals surface area contributed by atoms with Gasteiger partial charge in [-0.05, 0) is 86.3 Å². The number of aromatic nitrogens is 3. The normalized spacial score (nSPS) is 25.6. The average Bonchev–Trinajstić information content (AvgIpc) is 3.73. The first-order valence-electron chi connectivity index (χ1n) is 18.3. The molecule has 0 N–H and O–H groups in total. The van der Waals surface area contributed by atoms with E-state index in [2.05, 4.69) is 38.8 Å². The standard InChI is InChI=1S/C38H47ClN6O5/c1-26-21-42(25-41-26)22-27-4-3-15-44(23-27)36(46)33-24-43(16-17-45(33)37(47)50-31-10-12-38(13-11-31)48-18-19-49-38)35-32-9-8-30(39)20-29(32)7-6-28-5-2-14-40-34(28)35/h2,5,8-9,14,20-21,25,27,31,33,35H,3-4,6-7,10-13,15-19,22-24H2,1H3/t27-,33+,35-/m0/s1. The van der Waals surface area contributed by atoms with Crippen molar-refractivity contribution in [2.24, 2.45) is 5.92 Å². The lowest BCUT2D eigenvalue weighted by atomic mass is 9.92. The zero-order valence-electron chi connectivity index (χ0n) is 28.8. The van der Waals surface area contributed by atoms with Crippen LogP contribution in [0, 0.1) is 12.8 Å². The zero-order chi connectivity index (χ0) is 34.2. The quantitative estimate of drug-likeness (QED) is 0.359. The van der Waals surface area contributed by atoms with Crippen LogP contribution in [0.4, 0.5) is 4.79 Å². The number of imidazole rings is 1. The number of hydrogen-bond donors (Lipinski definition) is 0. The average molecular weight is 703 g/mol. The minimum atomic E-state index is -0.687. The van der Waals surface area contributed by atoms with Gasteiger partial charge in [0.15, 0.2) is 5.79 Å². The number of benzene rings is 1. The lowest BCUT2D eigenvalue weighted by Gasteiger charge is -2.46. The fourth-order valence-corrected chi connectivity index (χ4v) is 9.06. The number of piperidine rings is 1.